The zero-order chi connectivity index (χ0) is 15.6. The van der Waals surface area contributed by atoms with Gasteiger partial charge in [-0.25, -0.2) is 8.42 Å². The molecule has 116 valence electrons. The normalized spacial score (nSPS) is 21.0. The fourth-order valence-corrected chi connectivity index (χ4v) is 4.22. The Morgan fingerprint density at radius 1 is 1.38 bits per heavy atom. The summed E-state index contributed by atoms with van der Waals surface area (Å²) in [6, 6.07) is 3.44. The molecule has 6 heteroatoms. The van der Waals surface area contributed by atoms with E-state index in [4.69, 9.17) is 4.74 Å². The van der Waals surface area contributed by atoms with Crippen LogP contribution < -0.4 is 10.1 Å². The summed E-state index contributed by atoms with van der Waals surface area (Å²) < 4.78 is 28.6. The standard InChI is InChI=1S/C15H21NO4S/c1-10-6-11(2)15(14(7-10)20-3)13(17)8-12-9-21(18,19)5-4-16-12/h6-7,12,16H,4-5,8-9H2,1-3H3. The van der Waals surface area contributed by atoms with Crippen LogP contribution >= 0.6 is 0 Å². The second-order valence-corrected chi connectivity index (χ2v) is 7.78. The Labute approximate surface area is 125 Å². The van der Waals surface area contributed by atoms with Gasteiger partial charge in [0.05, 0.1) is 24.2 Å². The Hall–Kier alpha value is -1.40. The van der Waals surface area contributed by atoms with Crippen molar-refractivity contribution in [1.29, 1.82) is 0 Å². The third kappa shape index (κ3) is 3.83. The highest BCUT2D eigenvalue weighted by Gasteiger charge is 2.27. The number of hydrogen-bond acceptors (Lipinski definition) is 5. The molecule has 1 saturated heterocycles. The van der Waals surface area contributed by atoms with Gasteiger partial charge in [0.25, 0.3) is 0 Å². The number of nitrogens with one attached hydrogen (secondary N) is 1. The first-order chi connectivity index (χ1) is 9.82. The van der Waals surface area contributed by atoms with Gasteiger partial charge in [-0.1, -0.05) is 6.07 Å². The highest BCUT2D eigenvalue weighted by atomic mass is 32.2. The molecule has 2 rings (SSSR count). The lowest BCUT2D eigenvalue weighted by molar-refractivity contribution is 0.0968. The van der Waals surface area contributed by atoms with Gasteiger partial charge in [-0.2, -0.15) is 0 Å². The minimum atomic E-state index is -3.04. The molecule has 1 atom stereocenters. The van der Waals surface area contributed by atoms with Gasteiger partial charge >= 0.3 is 0 Å². The van der Waals surface area contributed by atoms with Crippen molar-refractivity contribution in [2.24, 2.45) is 0 Å². The molecule has 1 unspecified atom stereocenters. The van der Waals surface area contributed by atoms with Crippen LogP contribution in [-0.2, 0) is 9.84 Å². The van der Waals surface area contributed by atoms with Gasteiger partial charge in [-0.05, 0) is 31.0 Å². The lowest BCUT2D eigenvalue weighted by Crippen LogP contribution is -2.46. The lowest BCUT2D eigenvalue weighted by Gasteiger charge is -2.23. The van der Waals surface area contributed by atoms with Crippen molar-refractivity contribution in [1.82, 2.24) is 5.32 Å². The molecular formula is C15H21NO4S. The number of ketones is 1. The van der Waals surface area contributed by atoms with Gasteiger partial charge < -0.3 is 10.1 Å². The van der Waals surface area contributed by atoms with Crippen molar-refractivity contribution in [3.8, 4) is 5.75 Å². The third-order valence-corrected chi connectivity index (χ3v) is 5.41. The van der Waals surface area contributed by atoms with E-state index in [1.54, 1.807) is 0 Å². The van der Waals surface area contributed by atoms with Gasteiger partial charge in [0.15, 0.2) is 15.6 Å². The van der Waals surface area contributed by atoms with Gasteiger partial charge in [-0.3, -0.25) is 4.79 Å². The first-order valence-corrected chi connectivity index (χ1v) is 8.77. The van der Waals surface area contributed by atoms with Gasteiger partial charge in [0.1, 0.15) is 5.75 Å². The summed E-state index contributed by atoms with van der Waals surface area (Å²) in [5.41, 5.74) is 2.43. The van der Waals surface area contributed by atoms with E-state index in [1.807, 2.05) is 26.0 Å². The van der Waals surface area contributed by atoms with E-state index >= 15 is 0 Å². The van der Waals surface area contributed by atoms with E-state index in [-0.39, 0.29) is 29.8 Å². The number of carbonyl (C=O) groups excluding carboxylic acids is 1. The Morgan fingerprint density at radius 2 is 2.10 bits per heavy atom. The molecule has 1 heterocycles. The summed E-state index contributed by atoms with van der Waals surface area (Å²) in [5.74, 6) is 0.631. The maximum absolute atomic E-state index is 12.5. The van der Waals surface area contributed by atoms with Crippen molar-refractivity contribution in [3.63, 3.8) is 0 Å². The second kappa shape index (κ2) is 6.15. The summed E-state index contributed by atoms with van der Waals surface area (Å²) in [6.07, 6.45) is 0.166. The fraction of sp³-hybridized carbons (Fsp3) is 0.533. The molecule has 0 saturated carbocycles. The zero-order valence-electron chi connectivity index (χ0n) is 12.6. The van der Waals surface area contributed by atoms with Crippen molar-refractivity contribution in [2.45, 2.75) is 26.3 Å². The van der Waals surface area contributed by atoms with Crippen LogP contribution in [0.15, 0.2) is 12.1 Å². The molecule has 0 bridgehead atoms. The summed E-state index contributed by atoms with van der Waals surface area (Å²) in [7, 11) is -1.50. The molecule has 1 aromatic carbocycles. The molecule has 1 N–H and O–H groups in total. The molecule has 0 amide bonds. The minimum Gasteiger partial charge on any atom is -0.496 e. The minimum absolute atomic E-state index is 0.0198. The topological polar surface area (TPSA) is 72.5 Å². The van der Waals surface area contributed by atoms with Crippen LogP contribution in [-0.4, -0.2) is 45.4 Å². The average Bonchev–Trinajstić information content (AvgIpc) is 2.36. The number of carbonyl (C=O) groups is 1. The lowest BCUT2D eigenvalue weighted by atomic mass is 9.97. The average molecular weight is 311 g/mol. The Balaban J connectivity index is 2.21. The van der Waals surface area contributed by atoms with E-state index < -0.39 is 9.84 Å². The van der Waals surface area contributed by atoms with Crippen LogP contribution in [0.2, 0.25) is 0 Å². The highest BCUT2D eigenvalue weighted by Crippen LogP contribution is 2.26. The Kier molecular flexibility index (Phi) is 4.68. The molecule has 1 fully saturated rings. The number of aryl methyl sites for hydroxylation is 2. The van der Waals surface area contributed by atoms with Crippen LogP contribution in [0, 0.1) is 13.8 Å². The van der Waals surface area contributed by atoms with E-state index in [0.717, 1.165) is 11.1 Å². The van der Waals surface area contributed by atoms with Crippen molar-refractivity contribution >= 4 is 15.6 Å². The van der Waals surface area contributed by atoms with Gasteiger partial charge in [0.2, 0.25) is 0 Å². The second-order valence-electron chi connectivity index (χ2n) is 5.55. The van der Waals surface area contributed by atoms with Crippen molar-refractivity contribution in [2.75, 3.05) is 25.2 Å². The number of rotatable bonds is 4. The van der Waals surface area contributed by atoms with Gasteiger partial charge in [0, 0.05) is 19.0 Å². The van der Waals surface area contributed by atoms with E-state index in [0.29, 0.717) is 17.9 Å². The predicted octanol–water partition coefficient (Wildman–Crippen LogP) is 1.27. The first kappa shape index (κ1) is 16.0. The number of benzene rings is 1. The molecule has 21 heavy (non-hydrogen) atoms. The maximum atomic E-state index is 12.5. The first-order valence-electron chi connectivity index (χ1n) is 6.94. The number of sulfone groups is 1. The zero-order valence-corrected chi connectivity index (χ0v) is 13.4. The summed E-state index contributed by atoms with van der Waals surface area (Å²) in [6.45, 7) is 4.22. The number of hydrogen-bond donors (Lipinski definition) is 1. The third-order valence-electron chi connectivity index (χ3n) is 3.68. The van der Waals surface area contributed by atoms with Crippen LogP contribution in [0.25, 0.3) is 0 Å². The van der Waals surface area contributed by atoms with Crippen LogP contribution in [0.5, 0.6) is 5.75 Å². The number of Topliss-reactive ketones (excluding diaryl/α,β-unsaturated/α-hetero) is 1. The molecule has 5 nitrogen and oxygen atoms in total. The maximum Gasteiger partial charge on any atom is 0.168 e. The smallest absolute Gasteiger partial charge is 0.168 e. The Morgan fingerprint density at radius 3 is 2.71 bits per heavy atom. The number of methoxy groups -OCH3 is 1. The Bertz CT molecular complexity index is 652. The molecule has 0 aromatic heterocycles. The van der Waals surface area contributed by atoms with E-state index in [9.17, 15) is 13.2 Å². The largest absolute Gasteiger partial charge is 0.496 e. The summed E-state index contributed by atoms with van der Waals surface area (Å²) in [5, 5.41) is 3.10. The number of ether oxygens (including phenoxy) is 1. The molecule has 1 aliphatic heterocycles. The van der Waals surface area contributed by atoms with Crippen LogP contribution in [0.4, 0.5) is 0 Å². The van der Waals surface area contributed by atoms with E-state index in [1.165, 1.54) is 7.11 Å². The monoisotopic (exact) mass is 311 g/mol. The van der Waals surface area contributed by atoms with Crippen LogP contribution in [0.3, 0.4) is 0 Å². The fourth-order valence-electron chi connectivity index (χ4n) is 2.77. The molecule has 0 radical (unpaired) electrons. The summed E-state index contributed by atoms with van der Waals surface area (Å²) in [4.78, 5) is 12.5. The molecule has 1 aliphatic rings. The SMILES string of the molecule is COc1cc(C)cc(C)c1C(=O)CC1CS(=O)(=O)CCN1. The molecule has 0 spiro atoms. The van der Waals surface area contributed by atoms with Crippen molar-refractivity contribution < 1.29 is 17.9 Å². The quantitative estimate of drug-likeness (QED) is 0.848. The highest BCUT2D eigenvalue weighted by molar-refractivity contribution is 7.91. The molecule has 1 aromatic rings. The predicted molar refractivity (Wildman–Crippen MR) is 81.9 cm³/mol. The molecular weight excluding hydrogens is 290 g/mol. The summed E-state index contributed by atoms with van der Waals surface area (Å²) >= 11 is 0. The van der Waals surface area contributed by atoms with Crippen LogP contribution in [0.1, 0.15) is 27.9 Å². The van der Waals surface area contributed by atoms with Gasteiger partial charge in [-0.15, -0.1) is 0 Å². The molecule has 0 aliphatic carbocycles. The van der Waals surface area contributed by atoms with E-state index in [2.05, 4.69) is 5.32 Å². The van der Waals surface area contributed by atoms with Crippen molar-refractivity contribution in [3.05, 3.63) is 28.8 Å².